The van der Waals surface area contributed by atoms with Crippen molar-refractivity contribution in [2.75, 3.05) is 17.2 Å². The summed E-state index contributed by atoms with van der Waals surface area (Å²) in [5.41, 5.74) is 0.242. The van der Waals surface area contributed by atoms with Gasteiger partial charge in [-0.2, -0.15) is 0 Å². The molecular weight excluding hydrogens is 268 g/mol. The first kappa shape index (κ1) is 13.0. The van der Waals surface area contributed by atoms with Crippen LogP contribution in [0.5, 0.6) is 0 Å². The lowest BCUT2D eigenvalue weighted by molar-refractivity contribution is -0.383. The first-order valence-corrected chi connectivity index (χ1v) is 6.21. The average Bonchev–Trinajstić information content (AvgIpc) is 2.89. The number of aromatic nitrogens is 1. The maximum absolute atomic E-state index is 11.6. The SMILES string of the molecule is O=C(CNc1ccccc1[N+](=O)[O-])Nc1nccs1. The summed E-state index contributed by atoms with van der Waals surface area (Å²) in [7, 11) is 0. The summed E-state index contributed by atoms with van der Waals surface area (Å²) in [6, 6.07) is 6.16. The minimum atomic E-state index is -0.499. The molecule has 0 fully saturated rings. The average molecular weight is 278 g/mol. The molecule has 8 heteroatoms. The molecule has 1 amide bonds. The Morgan fingerprint density at radius 1 is 1.42 bits per heavy atom. The highest BCUT2D eigenvalue weighted by Gasteiger charge is 2.13. The number of nitro benzene ring substituents is 1. The molecular formula is C11H10N4O3S. The van der Waals surface area contributed by atoms with Crippen LogP contribution >= 0.6 is 11.3 Å². The second-order valence-corrected chi connectivity index (χ2v) is 4.41. The van der Waals surface area contributed by atoms with Crippen molar-refractivity contribution in [2.24, 2.45) is 0 Å². The van der Waals surface area contributed by atoms with Gasteiger partial charge in [-0.1, -0.05) is 12.1 Å². The number of benzene rings is 1. The number of hydrogen-bond donors (Lipinski definition) is 2. The van der Waals surface area contributed by atoms with Gasteiger partial charge in [0.2, 0.25) is 5.91 Å². The molecule has 98 valence electrons. The zero-order chi connectivity index (χ0) is 13.7. The van der Waals surface area contributed by atoms with Crippen LogP contribution in [0.25, 0.3) is 0 Å². The van der Waals surface area contributed by atoms with Gasteiger partial charge in [0.1, 0.15) is 5.69 Å². The number of rotatable bonds is 5. The molecule has 7 nitrogen and oxygen atoms in total. The molecule has 0 aliphatic carbocycles. The summed E-state index contributed by atoms with van der Waals surface area (Å²) in [5.74, 6) is -0.312. The van der Waals surface area contributed by atoms with Crippen molar-refractivity contribution in [1.29, 1.82) is 0 Å². The van der Waals surface area contributed by atoms with Crippen LogP contribution in [0.15, 0.2) is 35.8 Å². The van der Waals surface area contributed by atoms with Crippen molar-refractivity contribution in [2.45, 2.75) is 0 Å². The first-order valence-electron chi connectivity index (χ1n) is 5.33. The summed E-state index contributed by atoms with van der Waals surface area (Å²) >= 11 is 1.30. The second-order valence-electron chi connectivity index (χ2n) is 3.51. The van der Waals surface area contributed by atoms with E-state index in [0.29, 0.717) is 10.8 Å². The predicted octanol–water partition coefficient (Wildman–Crippen LogP) is 2.10. The molecule has 0 unspecified atom stereocenters. The van der Waals surface area contributed by atoms with Gasteiger partial charge in [0.25, 0.3) is 5.69 Å². The highest BCUT2D eigenvalue weighted by atomic mass is 32.1. The van der Waals surface area contributed by atoms with E-state index in [-0.39, 0.29) is 18.1 Å². The quantitative estimate of drug-likeness (QED) is 0.644. The van der Waals surface area contributed by atoms with Crippen molar-refractivity contribution in [1.82, 2.24) is 4.98 Å². The van der Waals surface area contributed by atoms with Crippen molar-refractivity contribution < 1.29 is 9.72 Å². The molecule has 0 saturated carbocycles. The molecule has 1 aromatic heterocycles. The Morgan fingerprint density at radius 3 is 2.89 bits per heavy atom. The molecule has 2 N–H and O–H groups in total. The van der Waals surface area contributed by atoms with Gasteiger partial charge in [0.15, 0.2) is 5.13 Å². The zero-order valence-corrected chi connectivity index (χ0v) is 10.5. The zero-order valence-electron chi connectivity index (χ0n) is 9.70. The lowest BCUT2D eigenvalue weighted by Crippen LogP contribution is -2.21. The number of para-hydroxylation sites is 2. The molecule has 1 aromatic carbocycles. The van der Waals surface area contributed by atoms with Gasteiger partial charge in [-0.25, -0.2) is 4.98 Å². The molecule has 0 aliphatic heterocycles. The topological polar surface area (TPSA) is 97.2 Å². The van der Waals surface area contributed by atoms with Crippen molar-refractivity contribution in [3.05, 3.63) is 46.0 Å². The van der Waals surface area contributed by atoms with E-state index in [2.05, 4.69) is 15.6 Å². The van der Waals surface area contributed by atoms with Crippen LogP contribution in [0.1, 0.15) is 0 Å². The number of nitrogens with one attached hydrogen (secondary N) is 2. The Kier molecular flexibility index (Phi) is 4.04. The summed E-state index contributed by atoms with van der Waals surface area (Å²) in [5, 5.41) is 18.3. The Labute approximate surface area is 112 Å². The number of carbonyl (C=O) groups is 1. The van der Waals surface area contributed by atoms with Gasteiger partial charge in [0.05, 0.1) is 11.5 Å². The van der Waals surface area contributed by atoms with E-state index >= 15 is 0 Å². The minimum Gasteiger partial charge on any atom is -0.371 e. The number of carbonyl (C=O) groups excluding carboxylic acids is 1. The van der Waals surface area contributed by atoms with Crippen LogP contribution in [0.4, 0.5) is 16.5 Å². The van der Waals surface area contributed by atoms with Crippen molar-refractivity contribution in [3.8, 4) is 0 Å². The monoisotopic (exact) mass is 278 g/mol. The van der Waals surface area contributed by atoms with Crippen LogP contribution in [0, 0.1) is 10.1 Å². The van der Waals surface area contributed by atoms with Gasteiger partial charge in [-0.3, -0.25) is 14.9 Å². The maximum atomic E-state index is 11.6. The fraction of sp³-hybridized carbons (Fsp3) is 0.0909. The highest BCUT2D eigenvalue weighted by Crippen LogP contribution is 2.22. The van der Waals surface area contributed by atoms with Gasteiger partial charge in [-0.05, 0) is 6.07 Å². The van der Waals surface area contributed by atoms with Gasteiger partial charge in [-0.15, -0.1) is 11.3 Å². The Hall–Kier alpha value is -2.48. The summed E-state index contributed by atoms with van der Waals surface area (Å²) in [6.45, 7) is -0.0650. The van der Waals surface area contributed by atoms with E-state index in [9.17, 15) is 14.9 Å². The first-order chi connectivity index (χ1) is 9.16. The van der Waals surface area contributed by atoms with Crippen LogP contribution in [0.2, 0.25) is 0 Å². The molecule has 0 radical (unpaired) electrons. The van der Waals surface area contributed by atoms with E-state index in [4.69, 9.17) is 0 Å². The third-order valence-corrected chi connectivity index (χ3v) is 2.91. The molecule has 1 heterocycles. The number of anilines is 2. The Morgan fingerprint density at radius 2 is 2.21 bits per heavy atom. The number of nitro groups is 1. The van der Waals surface area contributed by atoms with Gasteiger partial charge in [0, 0.05) is 17.6 Å². The van der Waals surface area contributed by atoms with E-state index in [1.807, 2.05) is 0 Å². The molecule has 19 heavy (non-hydrogen) atoms. The number of hydrogen-bond acceptors (Lipinski definition) is 6. The molecule has 0 spiro atoms. The molecule has 0 aliphatic rings. The third kappa shape index (κ3) is 3.49. The van der Waals surface area contributed by atoms with E-state index in [1.165, 1.54) is 17.4 Å². The Balaban J connectivity index is 1.95. The number of nitrogens with zero attached hydrogens (tertiary/aromatic N) is 2. The van der Waals surface area contributed by atoms with Crippen LogP contribution in [-0.4, -0.2) is 22.4 Å². The number of thiazole rings is 1. The van der Waals surface area contributed by atoms with Gasteiger partial charge < -0.3 is 10.6 Å². The maximum Gasteiger partial charge on any atom is 0.292 e. The summed E-state index contributed by atoms with van der Waals surface area (Å²) in [6.07, 6.45) is 1.58. The van der Waals surface area contributed by atoms with Crippen LogP contribution in [0.3, 0.4) is 0 Å². The lowest BCUT2D eigenvalue weighted by Gasteiger charge is -2.06. The van der Waals surface area contributed by atoms with E-state index < -0.39 is 4.92 Å². The molecule has 0 bridgehead atoms. The molecule has 0 saturated heterocycles. The summed E-state index contributed by atoms with van der Waals surface area (Å²) < 4.78 is 0. The van der Waals surface area contributed by atoms with Crippen molar-refractivity contribution in [3.63, 3.8) is 0 Å². The highest BCUT2D eigenvalue weighted by molar-refractivity contribution is 7.13. The predicted molar refractivity (Wildman–Crippen MR) is 72.3 cm³/mol. The fourth-order valence-electron chi connectivity index (χ4n) is 1.41. The number of amides is 1. The minimum absolute atomic E-state index is 0.0650. The third-order valence-electron chi connectivity index (χ3n) is 2.22. The molecule has 0 atom stereocenters. The molecule has 2 rings (SSSR count). The van der Waals surface area contributed by atoms with E-state index in [1.54, 1.807) is 29.8 Å². The summed E-state index contributed by atoms with van der Waals surface area (Å²) in [4.78, 5) is 25.8. The smallest absolute Gasteiger partial charge is 0.292 e. The molecule has 2 aromatic rings. The fourth-order valence-corrected chi connectivity index (χ4v) is 1.95. The van der Waals surface area contributed by atoms with Crippen LogP contribution in [-0.2, 0) is 4.79 Å². The largest absolute Gasteiger partial charge is 0.371 e. The standard InChI is InChI=1S/C11H10N4O3S/c16-10(14-11-12-5-6-19-11)7-13-8-3-1-2-4-9(8)15(17)18/h1-6,13H,7H2,(H,12,14,16). The van der Waals surface area contributed by atoms with Crippen LogP contribution < -0.4 is 10.6 Å². The second kappa shape index (κ2) is 5.91. The van der Waals surface area contributed by atoms with E-state index in [0.717, 1.165) is 0 Å². The Bertz CT molecular complexity index is 585. The van der Waals surface area contributed by atoms with Crippen molar-refractivity contribution >= 4 is 33.8 Å². The lowest BCUT2D eigenvalue weighted by atomic mass is 10.2. The van der Waals surface area contributed by atoms with Gasteiger partial charge >= 0.3 is 0 Å². The normalized spacial score (nSPS) is 9.89.